The molecule has 3 heteroatoms. The number of ether oxygens (including phenoxy) is 2. The first-order chi connectivity index (χ1) is 9.26. The lowest BCUT2D eigenvalue weighted by atomic mass is 9.99. The third-order valence-electron chi connectivity index (χ3n) is 3.54. The zero-order valence-electron chi connectivity index (χ0n) is 12.0. The van der Waals surface area contributed by atoms with E-state index < -0.39 is 0 Å². The second kappa shape index (κ2) is 6.92. The first-order valence-corrected chi connectivity index (χ1v) is 7.36. The van der Waals surface area contributed by atoms with Crippen LogP contribution < -0.4 is 10.5 Å². The molecule has 0 aliphatic heterocycles. The Hall–Kier alpha value is -1.06. The SMILES string of the molecule is CCCOc1ccc(C(N)C(OCC)C2CC2)cc1. The number of nitrogens with two attached hydrogens (primary N) is 1. The molecule has 1 fully saturated rings. The summed E-state index contributed by atoms with van der Waals surface area (Å²) in [4.78, 5) is 0. The van der Waals surface area contributed by atoms with Crippen LogP contribution in [0.1, 0.15) is 44.7 Å². The normalized spacial score (nSPS) is 18.1. The molecule has 19 heavy (non-hydrogen) atoms. The van der Waals surface area contributed by atoms with Crippen LogP contribution in [0.5, 0.6) is 5.75 Å². The maximum atomic E-state index is 6.35. The van der Waals surface area contributed by atoms with E-state index in [0.717, 1.165) is 30.9 Å². The third-order valence-corrected chi connectivity index (χ3v) is 3.54. The van der Waals surface area contributed by atoms with Crippen molar-refractivity contribution in [1.82, 2.24) is 0 Å². The maximum absolute atomic E-state index is 6.35. The van der Waals surface area contributed by atoms with Crippen LogP contribution in [0.15, 0.2) is 24.3 Å². The van der Waals surface area contributed by atoms with Crippen molar-refractivity contribution in [3.8, 4) is 5.75 Å². The van der Waals surface area contributed by atoms with Crippen molar-refractivity contribution < 1.29 is 9.47 Å². The molecule has 0 radical (unpaired) electrons. The quantitative estimate of drug-likeness (QED) is 0.782. The highest BCUT2D eigenvalue weighted by Gasteiger charge is 2.36. The number of hydrogen-bond acceptors (Lipinski definition) is 3. The van der Waals surface area contributed by atoms with Crippen molar-refractivity contribution >= 4 is 0 Å². The van der Waals surface area contributed by atoms with Gasteiger partial charge in [-0.1, -0.05) is 19.1 Å². The molecule has 0 amide bonds. The lowest BCUT2D eigenvalue weighted by Crippen LogP contribution is -2.30. The van der Waals surface area contributed by atoms with Crippen LogP contribution >= 0.6 is 0 Å². The summed E-state index contributed by atoms with van der Waals surface area (Å²) in [5.74, 6) is 1.56. The molecule has 2 unspecified atom stereocenters. The Morgan fingerprint density at radius 1 is 1.21 bits per heavy atom. The molecule has 0 spiro atoms. The monoisotopic (exact) mass is 263 g/mol. The summed E-state index contributed by atoms with van der Waals surface area (Å²) in [5, 5.41) is 0. The molecule has 2 atom stereocenters. The molecule has 1 aromatic carbocycles. The summed E-state index contributed by atoms with van der Waals surface area (Å²) >= 11 is 0. The summed E-state index contributed by atoms with van der Waals surface area (Å²) in [5.41, 5.74) is 7.48. The van der Waals surface area contributed by atoms with E-state index in [2.05, 4.69) is 19.1 Å². The van der Waals surface area contributed by atoms with Crippen LogP contribution in [0.25, 0.3) is 0 Å². The zero-order valence-corrected chi connectivity index (χ0v) is 12.0. The minimum atomic E-state index is -0.0346. The highest BCUT2D eigenvalue weighted by Crippen LogP contribution is 2.39. The van der Waals surface area contributed by atoms with Crippen molar-refractivity contribution in [2.45, 2.75) is 45.3 Å². The molecule has 0 heterocycles. The summed E-state index contributed by atoms with van der Waals surface area (Å²) in [7, 11) is 0. The molecule has 106 valence electrons. The van der Waals surface area contributed by atoms with E-state index in [9.17, 15) is 0 Å². The van der Waals surface area contributed by atoms with E-state index in [4.69, 9.17) is 15.2 Å². The molecule has 1 aliphatic rings. The Morgan fingerprint density at radius 3 is 2.42 bits per heavy atom. The first-order valence-electron chi connectivity index (χ1n) is 7.36. The van der Waals surface area contributed by atoms with Crippen LogP contribution in [-0.4, -0.2) is 19.3 Å². The van der Waals surface area contributed by atoms with Gasteiger partial charge in [-0.05, 0) is 49.8 Å². The predicted octanol–water partition coefficient (Wildman–Crippen LogP) is 3.29. The molecule has 0 aromatic heterocycles. The van der Waals surface area contributed by atoms with E-state index in [-0.39, 0.29) is 12.1 Å². The second-order valence-electron chi connectivity index (χ2n) is 5.20. The fourth-order valence-electron chi connectivity index (χ4n) is 2.35. The number of benzene rings is 1. The third kappa shape index (κ3) is 3.95. The van der Waals surface area contributed by atoms with Crippen molar-refractivity contribution in [2.24, 2.45) is 11.7 Å². The standard InChI is InChI=1S/C16H25NO2/c1-3-11-19-14-9-7-12(8-10-14)15(17)16(18-4-2)13-5-6-13/h7-10,13,15-16H,3-6,11,17H2,1-2H3. The highest BCUT2D eigenvalue weighted by molar-refractivity contribution is 5.30. The van der Waals surface area contributed by atoms with Gasteiger partial charge in [-0.25, -0.2) is 0 Å². The van der Waals surface area contributed by atoms with Gasteiger partial charge in [-0.2, -0.15) is 0 Å². The molecule has 2 N–H and O–H groups in total. The van der Waals surface area contributed by atoms with Crippen molar-refractivity contribution in [3.05, 3.63) is 29.8 Å². The van der Waals surface area contributed by atoms with Crippen LogP contribution in [0, 0.1) is 5.92 Å². The van der Waals surface area contributed by atoms with E-state index in [1.807, 2.05) is 19.1 Å². The fourth-order valence-corrected chi connectivity index (χ4v) is 2.35. The molecule has 1 saturated carbocycles. The zero-order chi connectivity index (χ0) is 13.7. The van der Waals surface area contributed by atoms with E-state index in [0.29, 0.717) is 5.92 Å². The number of hydrogen-bond donors (Lipinski definition) is 1. The van der Waals surface area contributed by atoms with Gasteiger partial charge < -0.3 is 15.2 Å². The summed E-state index contributed by atoms with van der Waals surface area (Å²) < 4.78 is 11.4. The van der Waals surface area contributed by atoms with E-state index in [1.165, 1.54) is 12.8 Å². The van der Waals surface area contributed by atoms with Crippen LogP contribution in [-0.2, 0) is 4.74 Å². The Labute approximate surface area is 116 Å². The van der Waals surface area contributed by atoms with Crippen molar-refractivity contribution in [3.63, 3.8) is 0 Å². The summed E-state index contributed by atoms with van der Waals surface area (Å²) in [6.07, 6.45) is 3.67. The van der Waals surface area contributed by atoms with Gasteiger partial charge in [-0.15, -0.1) is 0 Å². The van der Waals surface area contributed by atoms with Crippen LogP contribution in [0.4, 0.5) is 0 Å². The largest absolute Gasteiger partial charge is 0.494 e. The molecule has 3 nitrogen and oxygen atoms in total. The summed E-state index contributed by atoms with van der Waals surface area (Å²) in [6, 6.07) is 8.09. The lowest BCUT2D eigenvalue weighted by molar-refractivity contribution is 0.0283. The van der Waals surface area contributed by atoms with Gasteiger partial charge in [0.25, 0.3) is 0 Å². The molecule has 0 bridgehead atoms. The molecule has 1 aromatic rings. The average Bonchev–Trinajstić information content (AvgIpc) is 3.27. The van der Waals surface area contributed by atoms with Gasteiger partial charge in [-0.3, -0.25) is 0 Å². The van der Waals surface area contributed by atoms with Gasteiger partial charge >= 0.3 is 0 Å². The Bertz CT molecular complexity index is 373. The van der Waals surface area contributed by atoms with Crippen LogP contribution in [0.3, 0.4) is 0 Å². The van der Waals surface area contributed by atoms with Gasteiger partial charge in [0.15, 0.2) is 0 Å². The lowest BCUT2D eigenvalue weighted by Gasteiger charge is -2.24. The fraction of sp³-hybridized carbons (Fsp3) is 0.625. The van der Waals surface area contributed by atoms with Gasteiger partial charge in [0.05, 0.1) is 18.8 Å². The van der Waals surface area contributed by atoms with E-state index in [1.54, 1.807) is 0 Å². The first kappa shape index (κ1) is 14.4. The minimum Gasteiger partial charge on any atom is -0.494 e. The highest BCUT2D eigenvalue weighted by atomic mass is 16.5. The van der Waals surface area contributed by atoms with Gasteiger partial charge in [0, 0.05) is 6.61 Å². The Morgan fingerprint density at radius 2 is 1.89 bits per heavy atom. The number of rotatable bonds is 8. The van der Waals surface area contributed by atoms with Crippen LogP contribution in [0.2, 0.25) is 0 Å². The van der Waals surface area contributed by atoms with Gasteiger partial charge in [0.1, 0.15) is 5.75 Å². The molecular weight excluding hydrogens is 238 g/mol. The molecule has 1 aliphatic carbocycles. The maximum Gasteiger partial charge on any atom is 0.119 e. The van der Waals surface area contributed by atoms with Crippen molar-refractivity contribution in [1.29, 1.82) is 0 Å². The van der Waals surface area contributed by atoms with E-state index >= 15 is 0 Å². The minimum absolute atomic E-state index is 0.0346. The Kier molecular flexibility index (Phi) is 5.23. The topological polar surface area (TPSA) is 44.5 Å². The molecule has 0 saturated heterocycles. The predicted molar refractivity (Wildman–Crippen MR) is 77.3 cm³/mol. The smallest absolute Gasteiger partial charge is 0.119 e. The average molecular weight is 263 g/mol. The Balaban J connectivity index is 1.99. The molecule has 2 rings (SSSR count). The summed E-state index contributed by atoms with van der Waals surface area (Å²) in [6.45, 7) is 5.62. The second-order valence-corrected chi connectivity index (χ2v) is 5.20. The van der Waals surface area contributed by atoms with Gasteiger partial charge in [0.2, 0.25) is 0 Å². The van der Waals surface area contributed by atoms with Crippen molar-refractivity contribution in [2.75, 3.05) is 13.2 Å². The molecular formula is C16H25NO2.